The van der Waals surface area contributed by atoms with Crippen molar-refractivity contribution in [2.24, 2.45) is 17.8 Å². The number of benzene rings is 1. The highest BCUT2D eigenvalue weighted by atomic mass is 16.6. The van der Waals surface area contributed by atoms with Crippen molar-refractivity contribution in [1.29, 1.82) is 0 Å². The molecule has 0 bridgehead atoms. The molecule has 1 saturated carbocycles. The van der Waals surface area contributed by atoms with Crippen molar-refractivity contribution in [3.63, 3.8) is 0 Å². The third-order valence-electron chi connectivity index (χ3n) is 6.78. The Morgan fingerprint density at radius 2 is 2.03 bits per heavy atom. The predicted octanol–water partition coefficient (Wildman–Crippen LogP) is 5.06. The first kappa shape index (κ1) is 23.0. The average molecular weight is 454 g/mol. The van der Waals surface area contributed by atoms with Crippen LogP contribution in [0.3, 0.4) is 0 Å². The molecule has 0 radical (unpaired) electrons. The zero-order chi connectivity index (χ0) is 23.4. The molecule has 33 heavy (non-hydrogen) atoms. The van der Waals surface area contributed by atoms with Gasteiger partial charge in [-0.1, -0.05) is 29.8 Å². The summed E-state index contributed by atoms with van der Waals surface area (Å²) in [4.78, 5) is 28.7. The van der Waals surface area contributed by atoms with Gasteiger partial charge in [0, 0.05) is 24.7 Å². The number of hydrogen-bond acceptors (Lipinski definition) is 6. The predicted molar refractivity (Wildman–Crippen MR) is 123 cm³/mol. The maximum atomic E-state index is 12.4. The number of nitro groups is 1. The summed E-state index contributed by atoms with van der Waals surface area (Å²) in [6.07, 6.45) is 5.22. The summed E-state index contributed by atoms with van der Waals surface area (Å²) < 4.78 is 11.3. The molecule has 1 aliphatic carbocycles. The first-order valence-corrected chi connectivity index (χ1v) is 11.6. The van der Waals surface area contributed by atoms with E-state index in [2.05, 4.69) is 4.98 Å². The summed E-state index contributed by atoms with van der Waals surface area (Å²) in [5.41, 5.74) is 2.83. The van der Waals surface area contributed by atoms with E-state index in [9.17, 15) is 14.9 Å². The van der Waals surface area contributed by atoms with Crippen LogP contribution >= 0.6 is 0 Å². The monoisotopic (exact) mass is 453 g/mol. The minimum Gasteiger partial charge on any atom is -0.477 e. The van der Waals surface area contributed by atoms with Gasteiger partial charge >= 0.3 is 6.09 Å². The Morgan fingerprint density at radius 3 is 2.73 bits per heavy atom. The van der Waals surface area contributed by atoms with E-state index in [0.29, 0.717) is 42.4 Å². The molecule has 2 fully saturated rings. The fraction of sp³-hybridized carbons (Fsp3) is 0.520. The fourth-order valence-electron chi connectivity index (χ4n) is 4.83. The van der Waals surface area contributed by atoms with E-state index >= 15 is 0 Å². The summed E-state index contributed by atoms with van der Waals surface area (Å²) in [5, 5.41) is 10.8. The zero-order valence-electron chi connectivity index (χ0n) is 19.2. The van der Waals surface area contributed by atoms with Crippen LogP contribution in [0, 0.1) is 41.7 Å². The number of aryl methyl sites for hydroxylation is 2. The molecule has 1 aliphatic heterocycles. The lowest BCUT2D eigenvalue weighted by atomic mass is 9.91. The van der Waals surface area contributed by atoms with Crippen LogP contribution in [-0.2, 0) is 11.3 Å². The van der Waals surface area contributed by atoms with Crippen molar-refractivity contribution in [3.05, 3.63) is 63.3 Å². The Kier molecular flexibility index (Phi) is 7.11. The van der Waals surface area contributed by atoms with E-state index in [1.54, 1.807) is 6.92 Å². The van der Waals surface area contributed by atoms with Crippen molar-refractivity contribution in [1.82, 2.24) is 9.88 Å². The van der Waals surface area contributed by atoms with Gasteiger partial charge in [0.15, 0.2) is 0 Å². The van der Waals surface area contributed by atoms with E-state index in [0.717, 1.165) is 43.5 Å². The summed E-state index contributed by atoms with van der Waals surface area (Å²) in [6.45, 7) is 6.19. The van der Waals surface area contributed by atoms with Gasteiger partial charge in [-0.3, -0.25) is 10.1 Å². The number of amides is 1. The van der Waals surface area contributed by atoms with Gasteiger partial charge in [0.05, 0.1) is 11.5 Å². The number of hydrogen-bond donors (Lipinski definition) is 0. The van der Waals surface area contributed by atoms with Crippen LogP contribution in [-0.4, -0.2) is 40.6 Å². The minimum atomic E-state index is -0.451. The van der Waals surface area contributed by atoms with E-state index in [-0.39, 0.29) is 11.8 Å². The molecule has 4 rings (SSSR count). The molecule has 1 aromatic carbocycles. The Hall–Kier alpha value is -3.16. The second kappa shape index (κ2) is 10.2. The number of carbonyl (C=O) groups excluding carboxylic acids is 1. The molecule has 8 nitrogen and oxygen atoms in total. The van der Waals surface area contributed by atoms with Crippen LogP contribution in [0.2, 0.25) is 0 Å². The summed E-state index contributed by atoms with van der Waals surface area (Å²) in [5.74, 6) is 2.46. The summed E-state index contributed by atoms with van der Waals surface area (Å²) in [6, 6.07) is 9.51. The third-order valence-corrected chi connectivity index (χ3v) is 6.78. The number of carbonyl (C=O) groups is 1. The molecule has 2 atom stereocenters. The summed E-state index contributed by atoms with van der Waals surface area (Å²) in [7, 11) is 0. The molecular formula is C25H31N3O5. The van der Waals surface area contributed by atoms with Gasteiger partial charge in [-0.05, 0) is 62.8 Å². The second-order valence-corrected chi connectivity index (χ2v) is 9.24. The molecule has 2 aromatic rings. The van der Waals surface area contributed by atoms with Crippen LogP contribution in [0.1, 0.15) is 42.4 Å². The van der Waals surface area contributed by atoms with Crippen LogP contribution in [0.5, 0.6) is 5.88 Å². The van der Waals surface area contributed by atoms with Crippen LogP contribution < -0.4 is 4.74 Å². The first-order chi connectivity index (χ1) is 15.9. The second-order valence-electron chi connectivity index (χ2n) is 9.24. The highest BCUT2D eigenvalue weighted by Gasteiger charge is 2.43. The lowest BCUT2D eigenvalue weighted by Gasteiger charge is -2.31. The molecule has 0 N–H and O–H groups in total. The average Bonchev–Trinajstić information content (AvgIpc) is 3.58. The van der Waals surface area contributed by atoms with Crippen molar-refractivity contribution in [2.45, 2.75) is 46.1 Å². The molecule has 8 heteroatoms. The largest absolute Gasteiger partial charge is 0.477 e. The standard InChI is InChI=1S/C25H31N3O5/c1-17-4-3-5-19(12-17)16-33-25(29)27-9-6-20(7-10-27)23-14-21(23)8-11-32-24-18(2)13-22(15-26-24)28(30)31/h3-5,12-13,15,20-21,23H,6-11,14,16H2,1-2H3/t21-,23-/m1/s1. The quantitative estimate of drug-likeness (QED) is 0.410. The van der Waals surface area contributed by atoms with Crippen molar-refractivity contribution >= 4 is 11.8 Å². The highest BCUT2D eigenvalue weighted by molar-refractivity contribution is 5.67. The fourth-order valence-corrected chi connectivity index (χ4v) is 4.83. The van der Waals surface area contributed by atoms with Gasteiger partial charge in [-0.2, -0.15) is 0 Å². The molecule has 176 valence electrons. The first-order valence-electron chi connectivity index (χ1n) is 11.6. The van der Waals surface area contributed by atoms with Gasteiger partial charge in [0.2, 0.25) is 5.88 Å². The van der Waals surface area contributed by atoms with Gasteiger partial charge in [-0.15, -0.1) is 0 Å². The number of ether oxygens (including phenoxy) is 2. The zero-order valence-corrected chi connectivity index (χ0v) is 19.2. The maximum Gasteiger partial charge on any atom is 0.410 e. The minimum absolute atomic E-state index is 0.0208. The number of rotatable bonds is 8. The van der Waals surface area contributed by atoms with E-state index in [1.807, 2.05) is 36.1 Å². The van der Waals surface area contributed by atoms with Crippen LogP contribution in [0.4, 0.5) is 10.5 Å². The highest BCUT2D eigenvalue weighted by Crippen LogP contribution is 2.49. The van der Waals surface area contributed by atoms with Crippen LogP contribution in [0.25, 0.3) is 0 Å². The lowest BCUT2D eigenvalue weighted by Crippen LogP contribution is -2.39. The summed E-state index contributed by atoms with van der Waals surface area (Å²) >= 11 is 0. The topological polar surface area (TPSA) is 94.8 Å². The van der Waals surface area contributed by atoms with Crippen molar-refractivity contribution in [2.75, 3.05) is 19.7 Å². The smallest absolute Gasteiger partial charge is 0.410 e. The normalized spacial score (nSPS) is 20.4. The molecule has 2 aliphatic rings. The van der Waals surface area contributed by atoms with Gasteiger partial charge in [0.1, 0.15) is 12.8 Å². The number of aromatic nitrogens is 1. The molecule has 1 amide bonds. The Bertz CT molecular complexity index is 1000. The third kappa shape index (κ3) is 6.00. The van der Waals surface area contributed by atoms with Crippen LogP contribution in [0.15, 0.2) is 36.5 Å². The Balaban J connectivity index is 1.14. The van der Waals surface area contributed by atoms with Gasteiger partial charge in [-0.25, -0.2) is 9.78 Å². The Labute approximate surface area is 194 Å². The SMILES string of the molecule is Cc1cccc(COC(=O)N2CCC([C@H]3C[C@H]3CCOc3ncc([N+](=O)[O-])cc3C)CC2)c1. The lowest BCUT2D eigenvalue weighted by molar-refractivity contribution is -0.385. The van der Waals surface area contributed by atoms with Gasteiger partial charge < -0.3 is 14.4 Å². The number of pyridine rings is 1. The molecule has 0 unspecified atom stereocenters. The van der Waals surface area contributed by atoms with E-state index in [4.69, 9.17) is 9.47 Å². The van der Waals surface area contributed by atoms with E-state index < -0.39 is 4.92 Å². The molecule has 2 heterocycles. The molecule has 1 aromatic heterocycles. The number of piperidine rings is 1. The maximum absolute atomic E-state index is 12.4. The van der Waals surface area contributed by atoms with E-state index in [1.165, 1.54) is 18.7 Å². The van der Waals surface area contributed by atoms with Crippen molar-refractivity contribution in [3.8, 4) is 5.88 Å². The number of nitrogens with zero attached hydrogens (tertiary/aromatic N) is 3. The Morgan fingerprint density at radius 1 is 1.24 bits per heavy atom. The van der Waals surface area contributed by atoms with Gasteiger partial charge in [0.25, 0.3) is 5.69 Å². The van der Waals surface area contributed by atoms with Crippen molar-refractivity contribution < 1.29 is 19.2 Å². The molecule has 1 saturated heterocycles. The number of likely N-dealkylation sites (tertiary alicyclic amines) is 1. The molecule has 0 spiro atoms. The molecular weight excluding hydrogens is 422 g/mol.